The molecule has 0 saturated heterocycles. The largest absolute Gasteiger partial charge is 0.437 e. The van der Waals surface area contributed by atoms with Crippen LogP contribution in [0.5, 0.6) is 11.6 Å². The summed E-state index contributed by atoms with van der Waals surface area (Å²) >= 11 is 0. The normalized spacial score (nSPS) is 10.1. The van der Waals surface area contributed by atoms with Gasteiger partial charge in [-0.25, -0.2) is 0 Å². The van der Waals surface area contributed by atoms with Gasteiger partial charge in [-0.1, -0.05) is 12.1 Å². The van der Waals surface area contributed by atoms with Crippen LogP contribution in [-0.2, 0) is 0 Å². The number of hydrogen-bond acceptors (Lipinski definition) is 3. The molecule has 16 heavy (non-hydrogen) atoms. The Morgan fingerprint density at radius 1 is 1.44 bits per heavy atom. The first-order valence-electron chi connectivity index (χ1n) is 4.80. The van der Waals surface area contributed by atoms with Crippen molar-refractivity contribution < 1.29 is 4.74 Å². The van der Waals surface area contributed by atoms with E-state index in [0.29, 0.717) is 17.2 Å². The minimum atomic E-state index is -0.0251. The quantitative estimate of drug-likeness (QED) is 0.540. The summed E-state index contributed by atoms with van der Waals surface area (Å²) in [6.45, 7) is 1.89. The molecule has 1 heterocycles. The van der Waals surface area contributed by atoms with Crippen LogP contribution in [0, 0.1) is 12.3 Å². The standard InChI is InChI=1S/C11H12N4O/c1-7-6-10(15-14-7)16-9-5-3-2-4-8(9)11(12)13/h2-6H,1H3,(H3,12,13)(H,14,15). The molecule has 0 amide bonds. The number of aromatic amines is 1. The fourth-order valence-corrected chi connectivity index (χ4v) is 1.34. The van der Waals surface area contributed by atoms with Gasteiger partial charge in [0.15, 0.2) is 0 Å². The van der Waals surface area contributed by atoms with Crippen molar-refractivity contribution in [2.24, 2.45) is 5.73 Å². The van der Waals surface area contributed by atoms with Gasteiger partial charge in [0, 0.05) is 11.8 Å². The Morgan fingerprint density at radius 2 is 2.19 bits per heavy atom. The molecule has 4 N–H and O–H groups in total. The Balaban J connectivity index is 2.31. The molecule has 0 aliphatic rings. The van der Waals surface area contributed by atoms with Gasteiger partial charge < -0.3 is 10.5 Å². The number of benzene rings is 1. The number of aromatic nitrogens is 2. The molecule has 0 saturated carbocycles. The molecule has 0 aliphatic carbocycles. The van der Waals surface area contributed by atoms with Crippen molar-refractivity contribution in [2.75, 3.05) is 0 Å². The van der Waals surface area contributed by atoms with Crippen molar-refractivity contribution in [3.63, 3.8) is 0 Å². The number of para-hydroxylation sites is 1. The van der Waals surface area contributed by atoms with Crippen molar-refractivity contribution in [1.29, 1.82) is 5.41 Å². The Labute approximate surface area is 92.8 Å². The lowest BCUT2D eigenvalue weighted by Gasteiger charge is -2.06. The van der Waals surface area contributed by atoms with Gasteiger partial charge >= 0.3 is 0 Å². The second kappa shape index (κ2) is 4.06. The molecule has 0 bridgehead atoms. The minimum Gasteiger partial charge on any atom is -0.437 e. The van der Waals surface area contributed by atoms with E-state index >= 15 is 0 Å². The number of H-pyrrole nitrogens is 1. The van der Waals surface area contributed by atoms with Gasteiger partial charge in [0.1, 0.15) is 11.6 Å². The summed E-state index contributed by atoms with van der Waals surface area (Å²) in [6, 6.07) is 8.88. The van der Waals surface area contributed by atoms with Crippen LogP contribution in [0.1, 0.15) is 11.3 Å². The van der Waals surface area contributed by atoms with E-state index in [1.165, 1.54) is 0 Å². The number of nitrogens with one attached hydrogen (secondary N) is 2. The van der Waals surface area contributed by atoms with Crippen molar-refractivity contribution in [2.45, 2.75) is 6.92 Å². The van der Waals surface area contributed by atoms with Crippen LogP contribution in [0.2, 0.25) is 0 Å². The molecule has 1 aromatic heterocycles. The summed E-state index contributed by atoms with van der Waals surface area (Å²) in [5, 5.41) is 14.1. The van der Waals surface area contributed by atoms with Crippen LogP contribution in [0.15, 0.2) is 30.3 Å². The average molecular weight is 216 g/mol. The Kier molecular flexibility index (Phi) is 2.59. The first kappa shape index (κ1) is 10.2. The number of aryl methyl sites for hydroxylation is 1. The number of ether oxygens (including phenoxy) is 1. The van der Waals surface area contributed by atoms with E-state index < -0.39 is 0 Å². The molecule has 2 rings (SSSR count). The molecule has 0 fully saturated rings. The summed E-state index contributed by atoms with van der Waals surface area (Å²) in [7, 11) is 0. The highest BCUT2D eigenvalue weighted by atomic mass is 16.5. The van der Waals surface area contributed by atoms with Gasteiger partial charge in [-0.3, -0.25) is 10.5 Å². The van der Waals surface area contributed by atoms with Gasteiger partial charge in [0.25, 0.3) is 0 Å². The molecule has 5 heteroatoms. The number of amidine groups is 1. The molecule has 2 aromatic rings. The maximum atomic E-state index is 7.42. The number of nitrogens with zero attached hydrogens (tertiary/aromatic N) is 1. The second-order valence-electron chi connectivity index (χ2n) is 3.40. The van der Waals surface area contributed by atoms with Crippen molar-refractivity contribution in [3.05, 3.63) is 41.6 Å². The summed E-state index contributed by atoms with van der Waals surface area (Å²) in [4.78, 5) is 0. The van der Waals surface area contributed by atoms with E-state index in [9.17, 15) is 0 Å². The maximum Gasteiger partial charge on any atom is 0.238 e. The average Bonchev–Trinajstić information content (AvgIpc) is 2.64. The molecule has 0 unspecified atom stereocenters. The van der Waals surface area contributed by atoms with E-state index in [4.69, 9.17) is 15.9 Å². The highest BCUT2D eigenvalue weighted by Crippen LogP contribution is 2.23. The summed E-state index contributed by atoms with van der Waals surface area (Å²) in [5.41, 5.74) is 6.92. The van der Waals surface area contributed by atoms with Crippen LogP contribution in [0.25, 0.3) is 0 Å². The monoisotopic (exact) mass is 216 g/mol. The molecular weight excluding hydrogens is 204 g/mol. The highest BCUT2D eigenvalue weighted by Gasteiger charge is 2.07. The Hall–Kier alpha value is -2.30. The van der Waals surface area contributed by atoms with Gasteiger partial charge in [0.2, 0.25) is 5.88 Å². The molecule has 0 atom stereocenters. The lowest BCUT2D eigenvalue weighted by atomic mass is 10.2. The van der Waals surface area contributed by atoms with Gasteiger partial charge in [0.05, 0.1) is 5.56 Å². The first-order chi connectivity index (χ1) is 7.66. The minimum absolute atomic E-state index is 0.0251. The number of hydrogen-bond donors (Lipinski definition) is 3. The summed E-state index contributed by atoms with van der Waals surface area (Å²) in [6.07, 6.45) is 0. The zero-order valence-electron chi connectivity index (χ0n) is 8.82. The molecule has 1 aromatic carbocycles. The fourth-order valence-electron chi connectivity index (χ4n) is 1.34. The van der Waals surface area contributed by atoms with Crippen LogP contribution in [-0.4, -0.2) is 16.0 Å². The predicted molar refractivity (Wildman–Crippen MR) is 60.9 cm³/mol. The lowest BCUT2D eigenvalue weighted by molar-refractivity contribution is 0.460. The van der Waals surface area contributed by atoms with E-state index in [0.717, 1.165) is 5.69 Å². The molecular formula is C11H12N4O. The Morgan fingerprint density at radius 3 is 2.81 bits per heavy atom. The molecule has 5 nitrogen and oxygen atoms in total. The van der Waals surface area contributed by atoms with E-state index in [1.807, 2.05) is 13.0 Å². The third-order valence-corrected chi connectivity index (χ3v) is 2.07. The van der Waals surface area contributed by atoms with Crippen LogP contribution >= 0.6 is 0 Å². The third-order valence-electron chi connectivity index (χ3n) is 2.07. The number of nitrogen functional groups attached to an aromatic ring is 1. The SMILES string of the molecule is Cc1cc(Oc2ccccc2C(=N)N)n[nH]1. The van der Waals surface area contributed by atoms with Crippen molar-refractivity contribution in [3.8, 4) is 11.6 Å². The van der Waals surface area contributed by atoms with Gasteiger partial charge in [-0.2, -0.15) is 0 Å². The maximum absolute atomic E-state index is 7.42. The zero-order valence-corrected chi connectivity index (χ0v) is 8.82. The molecule has 0 aliphatic heterocycles. The molecule has 82 valence electrons. The number of nitrogens with two attached hydrogens (primary N) is 1. The van der Waals surface area contributed by atoms with Crippen LogP contribution < -0.4 is 10.5 Å². The van der Waals surface area contributed by atoms with Gasteiger partial charge in [-0.05, 0) is 19.1 Å². The van der Waals surface area contributed by atoms with Crippen molar-refractivity contribution in [1.82, 2.24) is 10.2 Å². The summed E-state index contributed by atoms with van der Waals surface area (Å²) in [5.74, 6) is 0.968. The second-order valence-corrected chi connectivity index (χ2v) is 3.40. The Bertz CT molecular complexity index is 518. The van der Waals surface area contributed by atoms with Crippen molar-refractivity contribution >= 4 is 5.84 Å². The third kappa shape index (κ3) is 2.03. The smallest absolute Gasteiger partial charge is 0.238 e. The van der Waals surface area contributed by atoms with E-state index in [-0.39, 0.29) is 5.84 Å². The highest BCUT2D eigenvalue weighted by molar-refractivity contribution is 5.97. The van der Waals surface area contributed by atoms with E-state index in [1.54, 1.807) is 24.3 Å². The van der Waals surface area contributed by atoms with E-state index in [2.05, 4.69) is 10.2 Å². The van der Waals surface area contributed by atoms with Crippen LogP contribution in [0.4, 0.5) is 0 Å². The fraction of sp³-hybridized carbons (Fsp3) is 0.0909. The topological polar surface area (TPSA) is 87.8 Å². The number of rotatable bonds is 3. The molecule has 0 spiro atoms. The van der Waals surface area contributed by atoms with Gasteiger partial charge in [-0.15, -0.1) is 5.10 Å². The first-order valence-corrected chi connectivity index (χ1v) is 4.80. The van der Waals surface area contributed by atoms with Crippen LogP contribution in [0.3, 0.4) is 0 Å². The summed E-state index contributed by atoms with van der Waals surface area (Å²) < 4.78 is 5.53. The lowest BCUT2D eigenvalue weighted by Crippen LogP contribution is -2.12. The molecule has 0 radical (unpaired) electrons. The predicted octanol–water partition coefficient (Wildman–Crippen LogP) is 1.79. The zero-order chi connectivity index (χ0) is 11.5.